The van der Waals surface area contributed by atoms with E-state index < -0.39 is 18.1 Å². The lowest BCUT2D eigenvalue weighted by Gasteiger charge is -1.95. The van der Waals surface area contributed by atoms with Gasteiger partial charge in [-0.1, -0.05) is 0 Å². The third-order valence-electron chi connectivity index (χ3n) is 2.45. The predicted molar refractivity (Wildman–Crippen MR) is 75.1 cm³/mol. The van der Waals surface area contributed by atoms with Crippen LogP contribution in [0.25, 0.3) is 0 Å². The highest BCUT2D eigenvalue weighted by Gasteiger charge is 2.25. The molecule has 0 aliphatic carbocycles. The van der Waals surface area contributed by atoms with E-state index in [9.17, 15) is 24.8 Å². The maximum atomic E-state index is 11.7. The zero-order chi connectivity index (χ0) is 16.1. The van der Waals surface area contributed by atoms with E-state index in [-0.39, 0.29) is 22.9 Å². The van der Waals surface area contributed by atoms with E-state index in [1.807, 2.05) is 0 Å². The lowest BCUT2D eigenvalue weighted by Crippen LogP contribution is -1.91. The summed E-state index contributed by atoms with van der Waals surface area (Å²) in [6.45, 7) is 0. The Morgan fingerprint density at radius 1 is 0.727 bits per heavy atom. The highest BCUT2D eigenvalue weighted by Crippen LogP contribution is 2.31. The normalized spacial score (nSPS) is 9.82. The van der Waals surface area contributed by atoms with Crippen LogP contribution in [0.1, 0.15) is 0 Å². The summed E-state index contributed by atoms with van der Waals surface area (Å²) in [6, 6.07) is 9.92. The Morgan fingerprint density at radius 3 is 1.32 bits per heavy atom. The SMILES string of the molecule is O=[N+]([O-])c1ccc(O[P+](=O)Oc2ccc([N+](=O)[O-])cc2)cc1. The van der Waals surface area contributed by atoms with Crippen LogP contribution in [0.3, 0.4) is 0 Å². The number of rotatable bonds is 6. The first kappa shape index (κ1) is 15.3. The van der Waals surface area contributed by atoms with Gasteiger partial charge in [-0.05, 0) is 24.3 Å². The molecule has 0 fully saturated rings. The van der Waals surface area contributed by atoms with Crippen molar-refractivity contribution >= 4 is 19.6 Å². The molecule has 0 bridgehead atoms. The number of non-ortho nitro benzene ring substituents is 2. The predicted octanol–water partition coefficient (Wildman–Crippen LogP) is 3.62. The smallest absolute Gasteiger partial charge is 0.258 e. The molecule has 2 rings (SSSR count). The highest BCUT2D eigenvalue weighted by atomic mass is 31.1. The second kappa shape index (κ2) is 6.59. The zero-order valence-corrected chi connectivity index (χ0v) is 11.7. The fourth-order valence-corrected chi connectivity index (χ4v) is 2.07. The monoisotopic (exact) mass is 323 g/mol. The number of benzene rings is 2. The molecule has 0 heterocycles. The first-order valence-corrected chi connectivity index (χ1v) is 6.87. The molecule has 0 saturated heterocycles. The van der Waals surface area contributed by atoms with Gasteiger partial charge in [0.25, 0.3) is 11.4 Å². The van der Waals surface area contributed by atoms with Gasteiger partial charge in [0.1, 0.15) is 0 Å². The van der Waals surface area contributed by atoms with Gasteiger partial charge in [0, 0.05) is 28.8 Å². The Bertz CT molecular complexity index is 654. The van der Waals surface area contributed by atoms with E-state index in [4.69, 9.17) is 9.05 Å². The average molecular weight is 323 g/mol. The van der Waals surface area contributed by atoms with Crippen molar-refractivity contribution in [3.05, 3.63) is 68.8 Å². The number of nitro groups is 2. The van der Waals surface area contributed by atoms with Crippen LogP contribution in [-0.4, -0.2) is 9.85 Å². The summed E-state index contributed by atoms with van der Waals surface area (Å²) in [7, 11) is -2.57. The van der Waals surface area contributed by atoms with Crippen LogP contribution in [0.15, 0.2) is 48.5 Å². The lowest BCUT2D eigenvalue weighted by atomic mass is 10.3. The summed E-state index contributed by atoms with van der Waals surface area (Å²) in [6.07, 6.45) is 0. The summed E-state index contributed by atoms with van der Waals surface area (Å²) in [5, 5.41) is 21.0. The van der Waals surface area contributed by atoms with Crippen LogP contribution in [0.5, 0.6) is 11.5 Å². The molecule has 2 aromatic rings. The van der Waals surface area contributed by atoms with Crippen LogP contribution in [0.4, 0.5) is 11.4 Å². The molecule has 10 heteroatoms. The first-order chi connectivity index (χ1) is 10.5. The van der Waals surface area contributed by atoms with E-state index in [0.29, 0.717) is 0 Å². The van der Waals surface area contributed by atoms with Crippen molar-refractivity contribution in [2.24, 2.45) is 0 Å². The Morgan fingerprint density at radius 2 is 1.05 bits per heavy atom. The Labute approximate surface area is 124 Å². The minimum Gasteiger partial charge on any atom is -0.258 e. The molecule has 112 valence electrons. The van der Waals surface area contributed by atoms with Gasteiger partial charge < -0.3 is 0 Å². The number of hydrogen-bond acceptors (Lipinski definition) is 7. The van der Waals surface area contributed by atoms with Gasteiger partial charge in [-0.25, -0.2) is 9.05 Å². The van der Waals surface area contributed by atoms with Gasteiger partial charge >= 0.3 is 8.25 Å². The van der Waals surface area contributed by atoms with Gasteiger partial charge in [-0.2, -0.15) is 0 Å². The van der Waals surface area contributed by atoms with Crippen molar-refractivity contribution in [2.75, 3.05) is 0 Å². The third kappa shape index (κ3) is 3.97. The molecule has 9 nitrogen and oxygen atoms in total. The highest BCUT2D eigenvalue weighted by molar-refractivity contribution is 7.34. The quantitative estimate of drug-likeness (QED) is 0.452. The first-order valence-electron chi connectivity index (χ1n) is 5.78. The Kier molecular flexibility index (Phi) is 4.60. The third-order valence-corrected chi connectivity index (χ3v) is 3.17. The van der Waals surface area contributed by atoms with Gasteiger partial charge in [-0.3, -0.25) is 20.2 Å². The fourth-order valence-electron chi connectivity index (χ4n) is 1.45. The van der Waals surface area contributed by atoms with Gasteiger partial charge in [0.05, 0.1) is 9.85 Å². The fraction of sp³-hybridized carbons (Fsp3) is 0. The second-order valence-corrected chi connectivity index (χ2v) is 4.72. The summed E-state index contributed by atoms with van der Waals surface area (Å²) < 4.78 is 21.6. The van der Waals surface area contributed by atoms with Gasteiger partial charge in [0.15, 0.2) is 11.5 Å². The zero-order valence-electron chi connectivity index (χ0n) is 10.8. The van der Waals surface area contributed by atoms with E-state index in [1.165, 1.54) is 48.5 Å². The van der Waals surface area contributed by atoms with Crippen molar-refractivity contribution in [3.63, 3.8) is 0 Å². The molecule has 0 spiro atoms. The lowest BCUT2D eigenvalue weighted by molar-refractivity contribution is -0.385. The number of hydrogen-bond donors (Lipinski definition) is 0. The largest absolute Gasteiger partial charge is 0.805 e. The summed E-state index contributed by atoms with van der Waals surface area (Å²) in [5.74, 6) is 0.266. The van der Waals surface area contributed by atoms with Crippen LogP contribution in [-0.2, 0) is 4.57 Å². The minimum absolute atomic E-state index is 0.126. The second-order valence-electron chi connectivity index (χ2n) is 3.91. The molecule has 0 N–H and O–H groups in total. The van der Waals surface area contributed by atoms with Crippen molar-refractivity contribution in [3.8, 4) is 11.5 Å². The van der Waals surface area contributed by atoms with E-state index in [1.54, 1.807) is 0 Å². The van der Waals surface area contributed by atoms with Crippen LogP contribution < -0.4 is 9.05 Å². The average Bonchev–Trinajstić information content (AvgIpc) is 2.48. The van der Waals surface area contributed by atoms with Crippen LogP contribution >= 0.6 is 8.25 Å². The van der Waals surface area contributed by atoms with E-state index in [0.717, 1.165) is 0 Å². The molecule has 2 aromatic carbocycles. The topological polar surface area (TPSA) is 122 Å². The Balaban J connectivity index is 1.97. The molecule has 0 aromatic heterocycles. The molecule has 22 heavy (non-hydrogen) atoms. The van der Waals surface area contributed by atoms with Crippen LogP contribution in [0, 0.1) is 20.2 Å². The number of nitrogens with zero attached hydrogens (tertiary/aromatic N) is 2. The van der Waals surface area contributed by atoms with E-state index in [2.05, 4.69) is 0 Å². The Hall–Kier alpha value is -3.06. The molecular weight excluding hydrogens is 315 g/mol. The maximum absolute atomic E-state index is 11.7. The molecule has 0 saturated carbocycles. The standard InChI is InChI=1S/C12H8N2O7P/c15-13(16)9-1-5-11(6-2-9)20-22(19)21-12-7-3-10(4-8-12)14(17)18/h1-8H/q+1. The molecule has 0 aliphatic rings. The molecular formula is C12H8N2O7P+. The summed E-state index contributed by atoms with van der Waals surface area (Å²) >= 11 is 0. The van der Waals surface area contributed by atoms with Crippen molar-refractivity contribution in [2.45, 2.75) is 0 Å². The molecule has 0 atom stereocenters. The van der Waals surface area contributed by atoms with Crippen molar-refractivity contribution < 1.29 is 23.5 Å². The van der Waals surface area contributed by atoms with Crippen molar-refractivity contribution in [1.82, 2.24) is 0 Å². The van der Waals surface area contributed by atoms with Gasteiger partial charge in [0.2, 0.25) is 0 Å². The van der Waals surface area contributed by atoms with Crippen LogP contribution in [0.2, 0.25) is 0 Å². The van der Waals surface area contributed by atoms with E-state index >= 15 is 0 Å². The van der Waals surface area contributed by atoms with Crippen molar-refractivity contribution in [1.29, 1.82) is 0 Å². The summed E-state index contributed by atoms with van der Waals surface area (Å²) in [5.41, 5.74) is -0.252. The van der Waals surface area contributed by atoms with Gasteiger partial charge in [-0.15, -0.1) is 0 Å². The number of nitro benzene ring substituents is 2. The molecule has 0 amide bonds. The molecule has 0 radical (unpaired) electrons. The molecule has 0 unspecified atom stereocenters. The minimum atomic E-state index is -2.57. The summed E-state index contributed by atoms with van der Waals surface area (Å²) in [4.78, 5) is 19.8. The molecule has 0 aliphatic heterocycles. The maximum Gasteiger partial charge on any atom is 0.805 e.